The molecular weight excluding hydrogens is 432 g/mol. The van der Waals surface area contributed by atoms with Gasteiger partial charge in [-0.3, -0.25) is 0 Å². The number of fused-ring (bicyclic) bond motifs is 1. The van der Waals surface area contributed by atoms with Gasteiger partial charge in [-0.05, 0) is 80.3 Å². The Labute approximate surface area is 215 Å². The van der Waals surface area contributed by atoms with E-state index < -0.39 is 0 Å². The Hall–Kier alpha value is -4.42. The van der Waals surface area contributed by atoms with E-state index >= 15 is 0 Å². The topological polar surface area (TPSA) is 0 Å². The summed E-state index contributed by atoms with van der Waals surface area (Å²) in [5.41, 5.74) is 12.3. The van der Waals surface area contributed by atoms with E-state index in [1.807, 2.05) is 30.4 Å². The number of rotatable bonds is 8. The van der Waals surface area contributed by atoms with Gasteiger partial charge in [0.2, 0.25) is 0 Å². The molecule has 0 N–H and O–H groups in total. The summed E-state index contributed by atoms with van der Waals surface area (Å²) in [5, 5.41) is 2.34. The van der Waals surface area contributed by atoms with Crippen molar-refractivity contribution in [3.63, 3.8) is 0 Å². The smallest absolute Gasteiger partial charge is 0.00204 e. The molecule has 4 aromatic carbocycles. The first-order valence-corrected chi connectivity index (χ1v) is 12.1. The van der Waals surface area contributed by atoms with Gasteiger partial charge in [0.1, 0.15) is 0 Å². The molecule has 0 fully saturated rings. The molecule has 36 heavy (non-hydrogen) atoms. The first kappa shape index (κ1) is 24.7. The predicted octanol–water partition coefficient (Wildman–Crippen LogP) is 10.7. The van der Waals surface area contributed by atoms with Crippen molar-refractivity contribution in [3.05, 3.63) is 139 Å². The molecule has 0 atom stereocenters. The lowest BCUT2D eigenvalue weighted by Crippen LogP contribution is -1.98. The quantitative estimate of drug-likeness (QED) is 0.227. The molecule has 4 aromatic rings. The van der Waals surface area contributed by atoms with Gasteiger partial charge in [-0.1, -0.05) is 136 Å². The van der Waals surface area contributed by atoms with Crippen LogP contribution in [-0.2, 0) is 0 Å². The standard InChI is InChI=1S/C36H32/c1-8-25-16-15-19-32(29(25)10-3)36-31(12-5)30(11-4)35(33-17-13-14-18-34(33)36)27-22-20-26(21-23-27)28(9-2)24(6)7/h8-23H,1-5H2,6-7H3. The van der Waals surface area contributed by atoms with Crippen LogP contribution in [0.25, 0.3) is 62.9 Å². The van der Waals surface area contributed by atoms with E-state index in [9.17, 15) is 0 Å². The predicted molar refractivity (Wildman–Crippen MR) is 164 cm³/mol. The van der Waals surface area contributed by atoms with Crippen LogP contribution in [0.2, 0.25) is 0 Å². The monoisotopic (exact) mass is 464 g/mol. The van der Waals surface area contributed by atoms with Gasteiger partial charge in [0.05, 0.1) is 0 Å². The highest BCUT2D eigenvalue weighted by Crippen LogP contribution is 2.44. The molecule has 176 valence electrons. The van der Waals surface area contributed by atoms with Gasteiger partial charge < -0.3 is 0 Å². The molecule has 0 aromatic heterocycles. The van der Waals surface area contributed by atoms with E-state index in [-0.39, 0.29) is 0 Å². The van der Waals surface area contributed by atoms with Crippen molar-refractivity contribution < 1.29 is 0 Å². The van der Waals surface area contributed by atoms with Crippen molar-refractivity contribution in [2.45, 2.75) is 13.8 Å². The summed E-state index contributed by atoms with van der Waals surface area (Å²) < 4.78 is 0. The Bertz CT molecular complexity index is 1550. The van der Waals surface area contributed by atoms with E-state index in [2.05, 4.69) is 113 Å². The summed E-state index contributed by atoms with van der Waals surface area (Å²) in [5.74, 6) is 0. The molecule has 0 radical (unpaired) electrons. The van der Waals surface area contributed by atoms with Crippen LogP contribution in [0.5, 0.6) is 0 Å². The molecule has 0 aliphatic heterocycles. The number of allylic oxidation sites excluding steroid dienone is 3. The molecule has 0 spiro atoms. The number of hydrogen-bond acceptors (Lipinski definition) is 0. The van der Waals surface area contributed by atoms with Crippen molar-refractivity contribution in [1.29, 1.82) is 0 Å². The minimum Gasteiger partial charge on any atom is -0.0985 e. The van der Waals surface area contributed by atoms with Crippen LogP contribution in [0.3, 0.4) is 0 Å². The first-order valence-electron chi connectivity index (χ1n) is 12.1. The van der Waals surface area contributed by atoms with Gasteiger partial charge in [-0.2, -0.15) is 0 Å². The second-order valence-electron chi connectivity index (χ2n) is 8.94. The highest BCUT2D eigenvalue weighted by atomic mass is 14.2. The van der Waals surface area contributed by atoms with Gasteiger partial charge in [0, 0.05) is 0 Å². The molecule has 0 aliphatic carbocycles. The highest BCUT2D eigenvalue weighted by molar-refractivity contribution is 6.12. The van der Waals surface area contributed by atoms with E-state index in [1.54, 1.807) is 0 Å². The van der Waals surface area contributed by atoms with Gasteiger partial charge in [0.15, 0.2) is 0 Å². The molecule has 0 saturated heterocycles. The van der Waals surface area contributed by atoms with Crippen LogP contribution in [0, 0.1) is 0 Å². The zero-order valence-electron chi connectivity index (χ0n) is 21.3. The summed E-state index contributed by atoms with van der Waals surface area (Å²) in [6.07, 6.45) is 9.61. The van der Waals surface area contributed by atoms with E-state index in [0.29, 0.717) is 0 Å². The second kappa shape index (κ2) is 10.5. The van der Waals surface area contributed by atoms with Crippen LogP contribution in [0.1, 0.15) is 41.7 Å². The van der Waals surface area contributed by atoms with Crippen molar-refractivity contribution in [1.82, 2.24) is 0 Å². The minimum absolute atomic E-state index is 1.05. The van der Waals surface area contributed by atoms with Crippen LogP contribution in [0.15, 0.2) is 111 Å². The maximum atomic E-state index is 4.22. The normalized spacial score (nSPS) is 10.5. The Morgan fingerprint density at radius 2 is 1.17 bits per heavy atom. The third-order valence-electron chi connectivity index (χ3n) is 6.76. The molecule has 0 bridgehead atoms. The molecule has 0 amide bonds. The van der Waals surface area contributed by atoms with E-state index in [4.69, 9.17) is 0 Å². The van der Waals surface area contributed by atoms with E-state index in [0.717, 1.165) is 61.0 Å². The third kappa shape index (κ3) is 4.12. The Morgan fingerprint density at radius 1 is 0.583 bits per heavy atom. The van der Waals surface area contributed by atoms with Gasteiger partial charge in [0.25, 0.3) is 0 Å². The van der Waals surface area contributed by atoms with Gasteiger partial charge >= 0.3 is 0 Å². The van der Waals surface area contributed by atoms with E-state index in [1.165, 1.54) is 11.0 Å². The first-order chi connectivity index (χ1) is 17.5. The maximum absolute atomic E-state index is 4.22. The summed E-state index contributed by atoms with van der Waals surface area (Å²) in [4.78, 5) is 0. The fraction of sp³-hybridized carbons (Fsp3) is 0.0556. The minimum atomic E-state index is 1.05. The second-order valence-corrected chi connectivity index (χ2v) is 8.94. The summed E-state index contributed by atoms with van der Waals surface area (Å²) in [7, 11) is 0. The number of benzene rings is 4. The molecule has 4 rings (SSSR count). The molecule has 0 saturated carbocycles. The Kier molecular flexibility index (Phi) is 7.17. The zero-order valence-corrected chi connectivity index (χ0v) is 21.3. The van der Waals surface area contributed by atoms with Crippen LogP contribution >= 0.6 is 0 Å². The summed E-state index contributed by atoms with van der Waals surface area (Å²) >= 11 is 0. The molecule has 0 aliphatic rings. The molecule has 0 unspecified atom stereocenters. The summed E-state index contributed by atoms with van der Waals surface area (Å²) in [6.45, 7) is 24.8. The largest absolute Gasteiger partial charge is 0.0985 e. The molecule has 0 heteroatoms. The average Bonchev–Trinajstić information content (AvgIpc) is 2.91. The average molecular weight is 465 g/mol. The Morgan fingerprint density at radius 3 is 1.69 bits per heavy atom. The van der Waals surface area contributed by atoms with Gasteiger partial charge in [-0.15, -0.1) is 0 Å². The fourth-order valence-electron chi connectivity index (χ4n) is 5.14. The van der Waals surface area contributed by atoms with Crippen LogP contribution in [-0.4, -0.2) is 0 Å². The lowest BCUT2D eigenvalue weighted by molar-refractivity contribution is 1.39. The van der Waals surface area contributed by atoms with Crippen molar-refractivity contribution in [2.24, 2.45) is 0 Å². The number of hydrogen-bond donors (Lipinski definition) is 0. The Balaban J connectivity index is 2.11. The lowest BCUT2D eigenvalue weighted by atomic mass is 9.81. The molecule has 0 nitrogen and oxygen atoms in total. The highest BCUT2D eigenvalue weighted by Gasteiger charge is 2.20. The van der Waals surface area contributed by atoms with Crippen molar-refractivity contribution in [2.75, 3.05) is 0 Å². The third-order valence-corrected chi connectivity index (χ3v) is 6.76. The van der Waals surface area contributed by atoms with Crippen LogP contribution in [0.4, 0.5) is 0 Å². The van der Waals surface area contributed by atoms with Crippen molar-refractivity contribution in [3.8, 4) is 22.3 Å². The SMILES string of the molecule is C=CC(=C(C)C)c1ccc(-c2c(C=C)c(C=C)c(-c3cccc(C=C)c3C=C)c3ccccc23)cc1. The summed E-state index contributed by atoms with van der Waals surface area (Å²) in [6, 6.07) is 23.6. The molecular formula is C36H32. The van der Waals surface area contributed by atoms with Gasteiger partial charge in [-0.25, -0.2) is 0 Å². The zero-order chi connectivity index (χ0) is 25.8. The van der Waals surface area contributed by atoms with Crippen LogP contribution < -0.4 is 0 Å². The maximum Gasteiger partial charge on any atom is -0.00204 e. The van der Waals surface area contributed by atoms with Crippen molar-refractivity contribution >= 4 is 40.6 Å². The molecule has 0 heterocycles. The lowest BCUT2D eigenvalue weighted by Gasteiger charge is -2.22. The fourth-order valence-corrected chi connectivity index (χ4v) is 5.14.